The van der Waals surface area contributed by atoms with Crippen LogP contribution in [0, 0.1) is 0 Å². The summed E-state index contributed by atoms with van der Waals surface area (Å²) >= 11 is 0. The quantitative estimate of drug-likeness (QED) is 0.485. The number of hydrogen-bond donors (Lipinski definition) is 1. The van der Waals surface area contributed by atoms with Crippen LogP contribution < -0.4 is 4.74 Å². The van der Waals surface area contributed by atoms with Crippen molar-refractivity contribution < 1.29 is 36.0 Å². The topological polar surface area (TPSA) is 89.9 Å². The fourth-order valence-corrected chi connectivity index (χ4v) is 2.07. The van der Waals surface area contributed by atoms with Gasteiger partial charge in [0.05, 0.1) is 0 Å². The van der Waals surface area contributed by atoms with Gasteiger partial charge in [-0.15, -0.1) is 0 Å². The molecule has 0 radical (unpaired) electrons. The first-order chi connectivity index (χ1) is 11.1. The van der Waals surface area contributed by atoms with Crippen LogP contribution in [0.5, 0.6) is 5.75 Å². The third-order valence-corrected chi connectivity index (χ3v) is 3.86. The molecule has 24 heavy (non-hydrogen) atoms. The minimum atomic E-state index is -5.90. The Morgan fingerprint density at radius 1 is 1.21 bits per heavy atom. The minimum absolute atomic E-state index is 0.219. The lowest BCUT2D eigenvalue weighted by molar-refractivity contribution is -0.168. The van der Waals surface area contributed by atoms with Crippen molar-refractivity contribution in [2.24, 2.45) is 0 Å². The van der Waals surface area contributed by atoms with Crippen LogP contribution in [0.15, 0.2) is 43.0 Å². The highest BCUT2D eigenvalue weighted by molar-refractivity contribution is 7.87. The van der Waals surface area contributed by atoms with Crippen molar-refractivity contribution in [3.63, 3.8) is 0 Å². The zero-order valence-electron chi connectivity index (χ0n) is 12.1. The molecule has 0 aliphatic rings. The van der Waals surface area contributed by atoms with Gasteiger partial charge in [-0.3, -0.25) is 4.55 Å². The van der Waals surface area contributed by atoms with E-state index in [0.29, 0.717) is 0 Å². The van der Waals surface area contributed by atoms with Crippen LogP contribution in [0.4, 0.5) is 8.78 Å². The van der Waals surface area contributed by atoms with Crippen molar-refractivity contribution in [1.82, 2.24) is 0 Å². The molecule has 2 rings (SSSR count). The smallest absolute Gasteiger partial charge is 0.457 e. The van der Waals surface area contributed by atoms with E-state index < -0.39 is 28.1 Å². The molecule has 0 heterocycles. The van der Waals surface area contributed by atoms with E-state index in [1.165, 1.54) is 6.07 Å². The number of benzene rings is 2. The van der Waals surface area contributed by atoms with Crippen molar-refractivity contribution in [1.29, 1.82) is 0 Å². The number of fused-ring (bicyclic) bond motifs is 1. The van der Waals surface area contributed by atoms with Crippen molar-refractivity contribution in [2.45, 2.75) is 5.25 Å². The zero-order chi connectivity index (χ0) is 18.0. The van der Waals surface area contributed by atoms with E-state index in [9.17, 15) is 22.0 Å². The number of ether oxygens (including phenoxy) is 2. The first kappa shape index (κ1) is 17.8. The Kier molecular flexibility index (Phi) is 4.86. The van der Waals surface area contributed by atoms with Crippen LogP contribution in [0.3, 0.4) is 0 Å². The molecule has 6 nitrogen and oxygen atoms in total. The molecule has 0 fully saturated rings. The number of alkyl halides is 2. The zero-order valence-corrected chi connectivity index (χ0v) is 12.9. The molecule has 0 unspecified atom stereocenters. The fraction of sp³-hybridized carbons (Fsp3) is 0.133. The lowest BCUT2D eigenvalue weighted by Crippen LogP contribution is -2.39. The highest BCUT2D eigenvalue weighted by Crippen LogP contribution is 2.24. The Morgan fingerprint density at radius 2 is 1.83 bits per heavy atom. The maximum absolute atomic E-state index is 13.0. The summed E-state index contributed by atoms with van der Waals surface area (Å²) in [4.78, 5) is 11.0. The van der Waals surface area contributed by atoms with Gasteiger partial charge in [0.25, 0.3) is 0 Å². The van der Waals surface area contributed by atoms with Crippen LogP contribution in [0.25, 0.3) is 16.8 Å². The molecule has 0 spiro atoms. The van der Waals surface area contributed by atoms with E-state index in [2.05, 4.69) is 11.3 Å². The summed E-state index contributed by atoms with van der Waals surface area (Å²) in [6.07, 6.45) is 1.68. The Bertz CT molecular complexity index is 892. The van der Waals surface area contributed by atoms with E-state index >= 15 is 0 Å². The van der Waals surface area contributed by atoms with Gasteiger partial charge in [-0.05, 0) is 34.5 Å². The largest absolute Gasteiger partial charge is 0.465 e. The normalized spacial score (nSPS) is 12.0. The maximum atomic E-state index is 13.0. The summed E-state index contributed by atoms with van der Waals surface area (Å²) in [5, 5.41) is -3.39. The molecular weight excluding hydrogens is 346 g/mol. The van der Waals surface area contributed by atoms with E-state index in [4.69, 9.17) is 9.29 Å². The fourth-order valence-electron chi connectivity index (χ4n) is 1.80. The summed E-state index contributed by atoms with van der Waals surface area (Å²) in [6, 6.07) is 10.3. The third kappa shape index (κ3) is 3.69. The lowest BCUT2D eigenvalue weighted by atomic mass is 10.1. The first-order valence-corrected chi connectivity index (χ1v) is 7.90. The number of hydrogen-bond acceptors (Lipinski definition) is 5. The number of carbonyl (C=O) groups is 1. The van der Waals surface area contributed by atoms with Gasteiger partial charge in [0.2, 0.25) is 6.79 Å². The highest BCUT2D eigenvalue weighted by atomic mass is 32.2. The van der Waals surface area contributed by atoms with E-state index in [1.807, 2.05) is 12.1 Å². The summed E-state index contributed by atoms with van der Waals surface area (Å²) in [5.41, 5.74) is 0.914. The summed E-state index contributed by atoms with van der Waals surface area (Å²) in [5.74, 6) is -2.21. The molecule has 2 aromatic carbocycles. The first-order valence-electron chi connectivity index (χ1n) is 6.46. The van der Waals surface area contributed by atoms with Crippen molar-refractivity contribution in [3.8, 4) is 5.75 Å². The molecule has 0 aromatic heterocycles. The second-order valence-electron chi connectivity index (χ2n) is 4.66. The Balaban J connectivity index is 2.04. The predicted molar refractivity (Wildman–Crippen MR) is 82.1 cm³/mol. The standard InChI is InChI=1S/C15H12F2O6S/c1-2-10-3-4-12-8-13(6-5-11(12)7-10)22-9-23-14(18)15(16,17)24(19,20)21/h2-8H,1,9H2,(H,19,20,21). The van der Waals surface area contributed by atoms with E-state index in [0.717, 1.165) is 16.3 Å². The summed E-state index contributed by atoms with van der Waals surface area (Å²) in [6.45, 7) is 2.71. The van der Waals surface area contributed by atoms with E-state index in [-0.39, 0.29) is 5.75 Å². The monoisotopic (exact) mass is 358 g/mol. The van der Waals surface area contributed by atoms with Gasteiger partial charge in [0.15, 0.2) is 0 Å². The van der Waals surface area contributed by atoms with E-state index in [1.54, 1.807) is 24.3 Å². The molecule has 128 valence electrons. The second kappa shape index (κ2) is 6.54. The lowest BCUT2D eigenvalue weighted by Gasteiger charge is -2.12. The number of esters is 1. The highest BCUT2D eigenvalue weighted by Gasteiger charge is 2.54. The SMILES string of the molecule is C=Cc1ccc2cc(OCOC(=O)C(F)(F)S(=O)(=O)O)ccc2c1. The summed E-state index contributed by atoms with van der Waals surface area (Å²) in [7, 11) is -5.90. The molecule has 0 aliphatic heterocycles. The average Bonchev–Trinajstić information content (AvgIpc) is 2.53. The van der Waals surface area contributed by atoms with Crippen LogP contribution in [0.1, 0.15) is 5.56 Å². The Hall–Kier alpha value is -2.52. The maximum Gasteiger partial charge on any atom is 0.465 e. The Morgan fingerprint density at radius 3 is 2.46 bits per heavy atom. The van der Waals surface area contributed by atoms with Crippen molar-refractivity contribution in [3.05, 3.63) is 48.5 Å². The predicted octanol–water partition coefficient (Wildman–Crippen LogP) is 2.84. The van der Waals surface area contributed by atoms with Gasteiger partial charge >= 0.3 is 21.3 Å². The van der Waals surface area contributed by atoms with Crippen molar-refractivity contribution in [2.75, 3.05) is 6.79 Å². The molecular formula is C15H12F2O6S. The van der Waals surface area contributed by atoms with Gasteiger partial charge < -0.3 is 9.47 Å². The number of carbonyl (C=O) groups excluding carboxylic acids is 1. The average molecular weight is 358 g/mol. The van der Waals surface area contributed by atoms with Crippen LogP contribution in [0.2, 0.25) is 0 Å². The van der Waals surface area contributed by atoms with Crippen LogP contribution in [-0.2, 0) is 19.6 Å². The summed E-state index contributed by atoms with van der Waals surface area (Å²) < 4.78 is 63.9. The van der Waals surface area contributed by atoms with Gasteiger partial charge in [-0.25, -0.2) is 4.79 Å². The molecule has 0 amide bonds. The number of rotatable bonds is 6. The van der Waals surface area contributed by atoms with Crippen molar-refractivity contribution >= 4 is 32.9 Å². The second-order valence-corrected chi connectivity index (χ2v) is 6.12. The number of halogens is 2. The molecule has 9 heteroatoms. The molecule has 0 saturated carbocycles. The molecule has 0 bridgehead atoms. The van der Waals surface area contributed by atoms with Gasteiger partial charge in [-0.2, -0.15) is 17.2 Å². The van der Waals surface area contributed by atoms with Gasteiger partial charge in [0, 0.05) is 0 Å². The molecule has 0 saturated heterocycles. The van der Waals surface area contributed by atoms with Gasteiger partial charge in [0.1, 0.15) is 5.75 Å². The minimum Gasteiger partial charge on any atom is -0.457 e. The van der Waals surface area contributed by atoms with Crippen LogP contribution >= 0.6 is 0 Å². The Labute approximate surface area is 136 Å². The molecule has 1 N–H and O–H groups in total. The molecule has 0 aliphatic carbocycles. The third-order valence-electron chi connectivity index (χ3n) is 3.05. The van der Waals surface area contributed by atoms with Crippen LogP contribution in [-0.4, -0.2) is 31.0 Å². The molecule has 2 aromatic rings. The van der Waals surface area contributed by atoms with Gasteiger partial charge in [-0.1, -0.05) is 30.9 Å². The molecule has 0 atom stereocenters.